The van der Waals surface area contributed by atoms with Crippen LogP contribution < -0.4 is 15.3 Å². The number of hydrogen-bond acceptors (Lipinski definition) is 6. The minimum Gasteiger partial charge on any atom is -0.546 e. The van der Waals surface area contributed by atoms with Gasteiger partial charge in [0.1, 0.15) is 24.2 Å². The van der Waals surface area contributed by atoms with Crippen LogP contribution in [-0.2, 0) is 4.79 Å². The van der Waals surface area contributed by atoms with E-state index in [4.69, 9.17) is 9.15 Å². The van der Waals surface area contributed by atoms with Gasteiger partial charge in [0.15, 0.2) is 0 Å². The molecule has 0 radical (unpaired) electrons. The third-order valence-electron chi connectivity index (χ3n) is 4.03. The van der Waals surface area contributed by atoms with E-state index in [1.165, 1.54) is 18.4 Å². The van der Waals surface area contributed by atoms with Crippen molar-refractivity contribution in [2.45, 2.75) is 0 Å². The summed E-state index contributed by atoms with van der Waals surface area (Å²) in [5, 5.41) is 11.8. The van der Waals surface area contributed by atoms with Crippen molar-refractivity contribution in [3.63, 3.8) is 0 Å². The van der Waals surface area contributed by atoms with Gasteiger partial charge in [-0.1, -0.05) is 24.3 Å². The molecule has 6 nitrogen and oxygen atoms in total. The van der Waals surface area contributed by atoms with Crippen LogP contribution in [0.3, 0.4) is 0 Å². The molecule has 0 aliphatic heterocycles. The summed E-state index contributed by atoms with van der Waals surface area (Å²) >= 11 is 0. The Balaban J connectivity index is 1.84. The maximum atomic E-state index is 12.9. The molecule has 2 heterocycles. The molecule has 0 spiro atoms. The van der Waals surface area contributed by atoms with Gasteiger partial charge in [0.25, 0.3) is 0 Å². The summed E-state index contributed by atoms with van der Waals surface area (Å²) in [6, 6.07) is 13.9. The van der Waals surface area contributed by atoms with Crippen LogP contribution in [0.5, 0.6) is 5.75 Å². The summed E-state index contributed by atoms with van der Waals surface area (Å²) in [7, 11) is 0. The number of rotatable bonds is 4. The predicted molar refractivity (Wildman–Crippen MR) is 93.7 cm³/mol. The lowest BCUT2D eigenvalue weighted by molar-refractivity contribution is -0.307. The van der Waals surface area contributed by atoms with E-state index in [1.54, 1.807) is 12.3 Å². The number of carbonyl (C=O) groups is 1. The fourth-order valence-electron chi connectivity index (χ4n) is 2.85. The predicted octanol–water partition coefficient (Wildman–Crippen LogP) is 2.14. The second-order valence-corrected chi connectivity index (χ2v) is 5.68. The number of carboxylic acids is 1. The van der Waals surface area contributed by atoms with Gasteiger partial charge in [-0.05, 0) is 18.2 Å². The number of carbonyl (C=O) groups excluding carboxylic acids is 1. The Morgan fingerprint density at radius 3 is 2.81 bits per heavy atom. The fraction of sp³-hybridized carbons (Fsp3) is 0.0500. The highest BCUT2D eigenvalue weighted by Crippen LogP contribution is 2.27. The Morgan fingerprint density at radius 1 is 1.12 bits per heavy atom. The van der Waals surface area contributed by atoms with Crippen molar-refractivity contribution in [1.82, 2.24) is 4.98 Å². The Kier molecular flexibility index (Phi) is 3.85. The molecule has 0 unspecified atom stereocenters. The average Bonchev–Trinajstić information content (AvgIpc) is 2.66. The number of para-hydroxylation sites is 1. The maximum Gasteiger partial charge on any atom is 0.200 e. The summed E-state index contributed by atoms with van der Waals surface area (Å²) in [5.41, 5.74) is 1.93. The van der Waals surface area contributed by atoms with Crippen molar-refractivity contribution >= 4 is 27.8 Å². The first-order valence-corrected chi connectivity index (χ1v) is 7.86. The lowest BCUT2D eigenvalue weighted by Crippen LogP contribution is -2.28. The highest BCUT2D eigenvalue weighted by Gasteiger charge is 2.13. The van der Waals surface area contributed by atoms with Gasteiger partial charge in [-0.2, -0.15) is 0 Å². The van der Waals surface area contributed by atoms with Crippen LogP contribution in [0.15, 0.2) is 70.2 Å². The quantitative estimate of drug-likeness (QED) is 0.562. The molecule has 2 aromatic heterocycles. The maximum absolute atomic E-state index is 12.9. The Bertz CT molecular complexity index is 1190. The lowest BCUT2D eigenvalue weighted by atomic mass is 10.0. The van der Waals surface area contributed by atoms with Crippen molar-refractivity contribution < 1.29 is 19.1 Å². The molecule has 0 aliphatic carbocycles. The second kappa shape index (κ2) is 6.33. The summed E-state index contributed by atoms with van der Waals surface area (Å²) in [6.07, 6.45) is 3.06. The number of hydrogen-bond donors (Lipinski definition) is 0. The first-order chi connectivity index (χ1) is 12.6. The number of carboxylic acid groups (broad SMARTS) is 1. The molecule has 26 heavy (non-hydrogen) atoms. The van der Waals surface area contributed by atoms with Gasteiger partial charge in [0.05, 0.1) is 22.4 Å². The second-order valence-electron chi connectivity index (χ2n) is 5.68. The van der Waals surface area contributed by atoms with Crippen LogP contribution in [0.25, 0.3) is 33.0 Å². The zero-order valence-electron chi connectivity index (χ0n) is 13.5. The van der Waals surface area contributed by atoms with E-state index in [1.807, 2.05) is 30.3 Å². The largest absolute Gasteiger partial charge is 0.546 e. The van der Waals surface area contributed by atoms with Gasteiger partial charge in [-0.15, -0.1) is 0 Å². The van der Waals surface area contributed by atoms with Crippen molar-refractivity contribution in [2.75, 3.05) is 6.61 Å². The van der Waals surface area contributed by atoms with Crippen molar-refractivity contribution in [3.8, 4) is 16.9 Å². The summed E-state index contributed by atoms with van der Waals surface area (Å²) in [6.45, 7) is -0.574. The molecule has 2 aromatic carbocycles. The normalized spacial score (nSPS) is 10.9. The molecule has 0 amide bonds. The van der Waals surface area contributed by atoms with Crippen LogP contribution in [0, 0.1) is 0 Å². The van der Waals surface area contributed by atoms with E-state index in [0.717, 1.165) is 10.9 Å². The van der Waals surface area contributed by atoms with Crippen molar-refractivity contribution in [1.29, 1.82) is 0 Å². The van der Waals surface area contributed by atoms with E-state index in [-0.39, 0.29) is 11.2 Å². The Morgan fingerprint density at radius 2 is 1.96 bits per heavy atom. The molecule has 6 heteroatoms. The molecule has 4 aromatic rings. The molecular formula is C20H12NO5-. The number of ether oxygens (including phenoxy) is 1. The third-order valence-corrected chi connectivity index (χ3v) is 4.03. The number of benzene rings is 2. The Hall–Kier alpha value is -3.67. The van der Waals surface area contributed by atoms with Crippen molar-refractivity contribution in [2.24, 2.45) is 0 Å². The zero-order valence-corrected chi connectivity index (χ0v) is 13.5. The van der Waals surface area contributed by atoms with Crippen LogP contribution >= 0.6 is 0 Å². The molecular weight excluding hydrogens is 334 g/mol. The molecule has 0 bridgehead atoms. The van der Waals surface area contributed by atoms with E-state index < -0.39 is 12.6 Å². The van der Waals surface area contributed by atoms with Crippen LogP contribution in [0.1, 0.15) is 0 Å². The van der Waals surface area contributed by atoms with E-state index >= 15 is 0 Å². The average molecular weight is 346 g/mol. The Labute approximate surface area is 147 Å². The van der Waals surface area contributed by atoms with Gasteiger partial charge < -0.3 is 19.1 Å². The van der Waals surface area contributed by atoms with Gasteiger partial charge in [-0.25, -0.2) is 0 Å². The third kappa shape index (κ3) is 2.77. The smallest absolute Gasteiger partial charge is 0.200 e. The summed E-state index contributed by atoms with van der Waals surface area (Å²) in [5.74, 6) is -1.05. The molecule has 0 atom stereocenters. The van der Waals surface area contributed by atoms with E-state index in [9.17, 15) is 14.7 Å². The molecule has 0 aliphatic rings. The standard InChI is InChI=1S/C20H13NO5/c22-18(23)11-25-13-6-7-15-17(9-13)26-10-16(20(15)24)14-5-1-3-12-4-2-8-21-19(12)14/h1-10H,11H2,(H,22,23)/p-1. The first-order valence-electron chi connectivity index (χ1n) is 7.86. The lowest BCUT2D eigenvalue weighted by Gasteiger charge is -2.08. The number of nitrogens with zero attached hydrogens (tertiary/aromatic N) is 1. The van der Waals surface area contributed by atoms with Crippen LogP contribution in [0.4, 0.5) is 0 Å². The van der Waals surface area contributed by atoms with Gasteiger partial charge in [0, 0.05) is 23.2 Å². The van der Waals surface area contributed by atoms with E-state index in [2.05, 4.69) is 4.98 Å². The number of fused-ring (bicyclic) bond motifs is 2. The topological polar surface area (TPSA) is 92.5 Å². The summed E-state index contributed by atoms with van der Waals surface area (Å²) < 4.78 is 10.7. The zero-order chi connectivity index (χ0) is 18.1. The van der Waals surface area contributed by atoms with Gasteiger partial charge in [0.2, 0.25) is 5.43 Å². The summed E-state index contributed by atoms with van der Waals surface area (Å²) in [4.78, 5) is 27.8. The van der Waals surface area contributed by atoms with Crippen LogP contribution in [0.2, 0.25) is 0 Å². The number of pyridine rings is 1. The minimum absolute atomic E-state index is 0.198. The van der Waals surface area contributed by atoms with Crippen LogP contribution in [-0.4, -0.2) is 17.6 Å². The number of aliphatic carboxylic acids is 1. The first kappa shape index (κ1) is 15.8. The van der Waals surface area contributed by atoms with Gasteiger partial charge >= 0.3 is 0 Å². The SMILES string of the molecule is O=C([O-])COc1ccc2c(=O)c(-c3cccc4cccnc34)coc2c1. The van der Waals surface area contributed by atoms with E-state index in [0.29, 0.717) is 22.1 Å². The molecule has 128 valence electrons. The number of aromatic nitrogens is 1. The monoisotopic (exact) mass is 346 g/mol. The molecule has 0 fully saturated rings. The van der Waals surface area contributed by atoms with Gasteiger partial charge in [-0.3, -0.25) is 9.78 Å². The highest BCUT2D eigenvalue weighted by atomic mass is 16.5. The van der Waals surface area contributed by atoms with Crippen molar-refractivity contribution in [3.05, 3.63) is 71.2 Å². The minimum atomic E-state index is -1.33. The molecule has 4 rings (SSSR count). The highest BCUT2D eigenvalue weighted by molar-refractivity contribution is 5.95. The fourth-order valence-corrected chi connectivity index (χ4v) is 2.85. The molecule has 0 N–H and O–H groups in total. The molecule has 0 saturated carbocycles. The molecule has 0 saturated heterocycles.